The minimum Gasteiger partial charge on any atom is -0.254 e. The van der Waals surface area contributed by atoms with Gasteiger partial charge in [-0.05, 0) is 55.2 Å². The Hall–Kier alpha value is -1.67. The normalized spacial score (nSPS) is 11.8. The zero-order chi connectivity index (χ0) is 15.4. The van der Waals surface area contributed by atoms with E-state index >= 15 is 0 Å². The molecule has 0 aliphatic carbocycles. The van der Waals surface area contributed by atoms with Gasteiger partial charge < -0.3 is 0 Å². The fourth-order valence-electron chi connectivity index (χ4n) is 2.33. The highest BCUT2D eigenvalue weighted by Crippen LogP contribution is 2.27. The van der Waals surface area contributed by atoms with E-state index in [2.05, 4.69) is 4.98 Å². The second kappa shape index (κ2) is 6.86. The van der Waals surface area contributed by atoms with Crippen molar-refractivity contribution in [1.82, 2.24) is 4.98 Å². The third-order valence-corrected chi connectivity index (χ3v) is 3.85. The Bertz CT molecular complexity index is 677. The Balaban J connectivity index is 2.43. The molecule has 0 N–H and O–H groups in total. The summed E-state index contributed by atoms with van der Waals surface area (Å²) in [6.45, 7) is 5.91. The number of hydrogen-bond donors (Lipinski definition) is 0. The van der Waals surface area contributed by atoms with Gasteiger partial charge in [-0.15, -0.1) is 0 Å². The lowest BCUT2D eigenvalue weighted by molar-refractivity contribution is 0.607. The van der Waals surface area contributed by atoms with Crippen LogP contribution in [0, 0.1) is 12.7 Å². The molecule has 1 aromatic carbocycles. The van der Waals surface area contributed by atoms with Crippen molar-refractivity contribution in [3.05, 3.63) is 59.2 Å². The number of halogens is 2. The van der Waals surface area contributed by atoms with E-state index in [4.69, 9.17) is 11.6 Å². The van der Waals surface area contributed by atoms with Gasteiger partial charge in [0.15, 0.2) is 0 Å². The summed E-state index contributed by atoms with van der Waals surface area (Å²) >= 11 is 6.13. The molecule has 0 radical (unpaired) electrons. The molecule has 0 fully saturated rings. The van der Waals surface area contributed by atoms with Crippen LogP contribution in [-0.4, -0.2) is 4.98 Å². The highest BCUT2D eigenvalue weighted by atomic mass is 35.5. The van der Waals surface area contributed by atoms with Gasteiger partial charge in [0.05, 0.1) is 10.7 Å². The second-order valence-electron chi connectivity index (χ2n) is 5.08. The molecule has 110 valence electrons. The summed E-state index contributed by atoms with van der Waals surface area (Å²) in [5.41, 5.74) is 4.52. The summed E-state index contributed by atoms with van der Waals surface area (Å²) in [5.74, 6) is -0.140. The molecule has 2 rings (SSSR count). The number of rotatable bonds is 4. The Kier molecular flexibility index (Phi) is 5.13. The number of aromatic nitrogens is 1. The van der Waals surface area contributed by atoms with Gasteiger partial charge in [-0.3, -0.25) is 4.98 Å². The fraction of sp³-hybridized carbons (Fsp3) is 0.278. The van der Waals surface area contributed by atoms with E-state index in [0.717, 1.165) is 40.8 Å². The molecule has 0 unspecified atom stereocenters. The maximum Gasteiger partial charge on any atom is 0.126 e. The summed E-state index contributed by atoms with van der Waals surface area (Å²) in [5, 5.41) is 0.643. The topological polar surface area (TPSA) is 12.9 Å². The third kappa shape index (κ3) is 3.51. The predicted octanol–water partition coefficient (Wildman–Crippen LogP) is 5.75. The summed E-state index contributed by atoms with van der Waals surface area (Å²) < 4.78 is 13.7. The van der Waals surface area contributed by atoms with Crippen LogP contribution in [0.2, 0.25) is 0 Å². The lowest BCUT2D eigenvalue weighted by Gasteiger charge is -2.09. The first-order valence-corrected chi connectivity index (χ1v) is 7.52. The van der Waals surface area contributed by atoms with Crippen LogP contribution in [0.15, 0.2) is 36.5 Å². The van der Waals surface area contributed by atoms with Gasteiger partial charge in [0.1, 0.15) is 5.82 Å². The lowest BCUT2D eigenvalue weighted by atomic mass is 10.00. The lowest BCUT2D eigenvalue weighted by Crippen LogP contribution is -1.94. The molecule has 1 nitrogen and oxygen atoms in total. The van der Waals surface area contributed by atoms with Gasteiger partial charge in [-0.1, -0.05) is 37.1 Å². The second-order valence-corrected chi connectivity index (χ2v) is 5.49. The van der Waals surface area contributed by atoms with Crippen molar-refractivity contribution >= 4 is 16.6 Å². The molecule has 2 aromatic rings. The number of benzene rings is 1. The van der Waals surface area contributed by atoms with Crippen molar-refractivity contribution in [2.24, 2.45) is 0 Å². The molecule has 0 amide bonds. The first-order chi connectivity index (χ1) is 10.1. The third-order valence-electron chi connectivity index (χ3n) is 3.46. The average molecular weight is 304 g/mol. The van der Waals surface area contributed by atoms with Crippen molar-refractivity contribution in [3.8, 4) is 11.1 Å². The Labute approximate surface area is 130 Å². The zero-order valence-corrected chi connectivity index (χ0v) is 13.3. The van der Waals surface area contributed by atoms with Gasteiger partial charge in [-0.25, -0.2) is 4.39 Å². The molecular weight excluding hydrogens is 285 g/mol. The van der Waals surface area contributed by atoms with Crippen molar-refractivity contribution in [2.75, 3.05) is 0 Å². The molecule has 0 aliphatic heterocycles. The highest BCUT2D eigenvalue weighted by Gasteiger charge is 2.08. The Morgan fingerprint density at radius 1 is 1.29 bits per heavy atom. The summed E-state index contributed by atoms with van der Waals surface area (Å²) in [4.78, 5) is 4.43. The largest absolute Gasteiger partial charge is 0.254 e. The van der Waals surface area contributed by atoms with Gasteiger partial charge in [0, 0.05) is 11.8 Å². The SMILES string of the molecule is C/C=C(/Cl)c1ncc(-c2ccc(F)c(CCC)c2)cc1C. The predicted molar refractivity (Wildman–Crippen MR) is 87.9 cm³/mol. The van der Waals surface area contributed by atoms with E-state index in [1.165, 1.54) is 6.07 Å². The minimum absolute atomic E-state index is 0.140. The highest BCUT2D eigenvalue weighted by molar-refractivity contribution is 6.48. The van der Waals surface area contributed by atoms with Gasteiger partial charge in [0.25, 0.3) is 0 Å². The van der Waals surface area contributed by atoms with Crippen molar-refractivity contribution in [3.63, 3.8) is 0 Å². The fourth-order valence-corrected chi connectivity index (χ4v) is 2.53. The van der Waals surface area contributed by atoms with Gasteiger partial charge in [0.2, 0.25) is 0 Å². The minimum atomic E-state index is -0.140. The number of nitrogens with zero attached hydrogens (tertiary/aromatic N) is 1. The van der Waals surface area contributed by atoms with E-state index in [-0.39, 0.29) is 5.82 Å². The van der Waals surface area contributed by atoms with E-state index in [1.807, 2.05) is 39.0 Å². The number of hydrogen-bond acceptors (Lipinski definition) is 1. The van der Waals surface area contributed by atoms with Gasteiger partial charge in [-0.2, -0.15) is 0 Å². The standard InChI is InChI=1S/C18H19ClFN/c1-4-6-14-10-13(7-8-17(14)20)15-9-12(3)18(21-11-15)16(19)5-2/h5,7-11H,4,6H2,1-3H3/b16-5+. The molecule has 3 heteroatoms. The average Bonchev–Trinajstić information content (AvgIpc) is 2.49. The van der Waals surface area contributed by atoms with Crippen LogP contribution < -0.4 is 0 Å². The zero-order valence-electron chi connectivity index (χ0n) is 12.6. The monoisotopic (exact) mass is 303 g/mol. The van der Waals surface area contributed by atoms with Crippen LogP contribution in [0.25, 0.3) is 16.2 Å². The van der Waals surface area contributed by atoms with E-state index in [0.29, 0.717) is 5.03 Å². The molecule has 0 spiro atoms. The van der Waals surface area contributed by atoms with Crippen molar-refractivity contribution < 1.29 is 4.39 Å². The smallest absolute Gasteiger partial charge is 0.126 e. The van der Waals surface area contributed by atoms with E-state index in [1.54, 1.807) is 12.3 Å². The van der Waals surface area contributed by atoms with Gasteiger partial charge >= 0.3 is 0 Å². The molecule has 1 aromatic heterocycles. The quantitative estimate of drug-likeness (QED) is 0.701. The van der Waals surface area contributed by atoms with Crippen LogP contribution in [0.5, 0.6) is 0 Å². The van der Waals surface area contributed by atoms with Crippen LogP contribution in [-0.2, 0) is 6.42 Å². The van der Waals surface area contributed by atoms with Crippen LogP contribution in [0.4, 0.5) is 4.39 Å². The summed E-state index contributed by atoms with van der Waals surface area (Å²) in [6.07, 6.45) is 5.28. The maximum atomic E-state index is 13.7. The molecule has 0 aliphatic rings. The molecule has 0 bridgehead atoms. The first-order valence-electron chi connectivity index (χ1n) is 7.14. The maximum absolute atomic E-state index is 13.7. The van der Waals surface area contributed by atoms with Crippen LogP contribution in [0.3, 0.4) is 0 Å². The number of pyridine rings is 1. The van der Waals surface area contributed by atoms with E-state index in [9.17, 15) is 4.39 Å². The molecule has 21 heavy (non-hydrogen) atoms. The summed E-state index contributed by atoms with van der Waals surface area (Å²) in [7, 11) is 0. The van der Waals surface area contributed by atoms with Crippen LogP contribution in [0.1, 0.15) is 37.1 Å². The number of allylic oxidation sites excluding steroid dienone is 1. The molecule has 1 heterocycles. The molecule has 0 atom stereocenters. The van der Waals surface area contributed by atoms with E-state index < -0.39 is 0 Å². The first kappa shape index (κ1) is 15.7. The molecule has 0 saturated carbocycles. The van der Waals surface area contributed by atoms with Crippen molar-refractivity contribution in [2.45, 2.75) is 33.6 Å². The molecular formula is C18H19ClFN. The number of aryl methyl sites for hydroxylation is 2. The van der Waals surface area contributed by atoms with Crippen LogP contribution >= 0.6 is 11.6 Å². The Morgan fingerprint density at radius 2 is 2.05 bits per heavy atom. The Morgan fingerprint density at radius 3 is 2.67 bits per heavy atom. The summed E-state index contributed by atoms with van der Waals surface area (Å²) in [6, 6.07) is 7.27. The molecule has 0 saturated heterocycles. The van der Waals surface area contributed by atoms with Crippen molar-refractivity contribution in [1.29, 1.82) is 0 Å².